The van der Waals surface area contributed by atoms with E-state index in [2.05, 4.69) is 15.3 Å². The van der Waals surface area contributed by atoms with Crippen LogP contribution in [0.25, 0.3) is 0 Å². The number of hydrogen-bond acceptors (Lipinski definition) is 3. The molecule has 1 heterocycles. The highest BCUT2D eigenvalue weighted by atomic mass is 35.5. The molecule has 0 saturated heterocycles. The van der Waals surface area contributed by atoms with Crippen LogP contribution < -0.4 is 5.32 Å². The van der Waals surface area contributed by atoms with Gasteiger partial charge in [0.05, 0.1) is 11.4 Å². The third-order valence-corrected chi connectivity index (χ3v) is 2.03. The molecule has 1 N–H and O–H groups in total. The Labute approximate surface area is 87.7 Å². The summed E-state index contributed by atoms with van der Waals surface area (Å²) in [6, 6.07) is 0. The van der Waals surface area contributed by atoms with Crippen molar-refractivity contribution < 1.29 is 4.79 Å². The van der Waals surface area contributed by atoms with Crippen molar-refractivity contribution >= 4 is 17.5 Å². The average Bonchev–Trinajstić information content (AvgIpc) is 2.20. The number of carbonyl (C=O) groups is 1. The fraction of sp³-hybridized carbons (Fsp3) is 0.444. The maximum Gasteiger partial charge on any atom is 0.234 e. The highest BCUT2D eigenvalue weighted by Crippen LogP contribution is 1.98. The molecule has 0 atom stereocenters. The van der Waals surface area contributed by atoms with E-state index in [0.717, 1.165) is 11.4 Å². The Balaban J connectivity index is 2.39. The van der Waals surface area contributed by atoms with E-state index in [4.69, 9.17) is 11.6 Å². The van der Waals surface area contributed by atoms with Gasteiger partial charge in [0, 0.05) is 25.4 Å². The number of carbonyl (C=O) groups excluding carboxylic acids is 1. The van der Waals surface area contributed by atoms with Gasteiger partial charge in [-0.25, -0.2) is 0 Å². The molecule has 0 unspecified atom stereocenters. The van der Waals surface area contributed by atoms with Crippen LogP contribution in [0.15, 0.2) is 12.4 Å². The SMILES string of the molecule is Cc1nccnc1CCNC(=O)CCl. The van der Waals surface area contributed by atoms with E-state index >= 15 is 0 Å². The van der Waals surface area contributed by atoms with Crippen LogP contribution in [0.4, 0.5) is 0 Å². The minimum Gasteiger partial charge on any atom is -0.355 e. The quantitative estimate of drug-likeness (QED) is 0.749. The van der Waals surface area contributed by atoms with E-state index < -0.39 is 0 Å². The standard InChI is InChI=1S/C9H12ClN3O/c1-7-8(12-5-4-11-7)2-3-13-9(14)6-10/h4-5H,2-3,6H2,1H3,(H,13,14). The molecule has 0 aromatic carbocycles. The van der Waals surface area contributed by atoms with Crippen LogP contribution in [0.1, 0.15) is 11.4 Å². The summed E-state index contributed by atoms with van der Waals surface area (Å²) in [6.07, 6.45) is 3.98. The molecular weight excluding hydrogens is 202 g/mol. The largest absolute Gasteiger partial charge is 0.355 e. The summed E-state index contributed by atoms with van der Waals surface area (Å²) in [5.74, 6) is -0.160. The predicted molar refractivity (Wildman–Crippen MR) is 54.2 cm³/mol. The van der Waals surface area contributed by atoms with Gasteiger partial charge in [0.15, 0.2) is 0 Å². The maximum absolute atomic E-state index is 10.8. The molecule has 1 aromatic heterocycles. The molecule has 0 bridgehead atoms. The van der Waals surface area contributed by atoms with Crippen LogP contribution in [0.5, 0.6) is 0 Å². The zero-order valence-corrected chi connectivity index (χ0v) is 8.71. The molecule has 0 aliphatic carbocycles. The number of amides is 1. The first-order valence-electron chi connectivity index (χ1n) is 4.33. The van der Waals surface area contributed by atoms with Crippen molar-refractivity contribution in [2.75, 3.05) is 12.4 Å². The number of hydrogen-bond donors (Lipinski definition) is 1. The molecule has 0 radical (unpaired) electrons. The lowest BCUT2D eigenvalue weighted by molar-refractivity contribution is -0.118. The molecule has 0 saturated carbocycles. The van der Waals surface area contributed by atoms with Gasteiger partial charge < -0.3 is 5.32 Å². The summed E-state index contributed by atoms with van der Waals surface area (Å²) in [7, 11) is 0. The van der Waals surface area contributed by atoms with Crippen molar-refractivity contribution in [1.82, 2.24) is 15.3 Å². The van der Waals surface area contributed by atoms with E-state index in [9.17, 15) is 4.79 Å². The van der Waals surface area contributed by atoms with Crippen LogP contribution in [0, 0.1) is 6.92 Å². The molecule has 1 aromatic rings. The molecule has 0 fully saturated rings. The highest BCUT2D eigenvalue weighted by molar-refractivity contribution is 6.27. The fourth-order valence-corrected chi connectivity index (χ4v) is 1.14. The molecule has 4 nitrogen and oxygen atoms in total. The summed E-state index contributed by atoms with van der Waals surface area (Å²) in [5, 5.41) is 2.67. The minimum atomic E-state index is -0.159. The third-order valence-electron chi connectivity index (χ3n) is 1.79. The molecular formula is C9H12ClN3O. The summed E-state index contributed by atoms with van der Waals surface area (Å²) in [6.45, 7) is 2.44. The number of aryl methyl sites for hydroxylation is 1. The Morgan fingerprint density at radius 3 is 2.86 bits per heavy atom. The Hall–Kier alpha value is -1.16. The monoisotopic (exact) mass is 213 g/mol. The third kappa shape index (κ3) is 3.30. The van der Waals surface area contributed by atoms with Crippen molar-refractivity contribution in [2.45, 2.75) is 13.3 Å². The second-order valence-corrected chi connectivity index (χ2v) is 3.09. The molecule has 0 aliphatic heterocycles. The van der Waals surface area contributed by atoms with Crippen molar-refractivity contribution in [2.24, 2.45) is 0 Å². The van der Waals surface area contributed by atoms with E-state index in [1.165, 1.54) is 0 Å². The Bertz CT molecular complexity index is 317. The first-order chi connectivity index (χ1) is 6.74. The second kappa shape index (κ2) is 5.54. The van der Waals surface area contributed by atoms with Gasteiger partial charge in [-0.2, -0.15) is 0 Å². The van der Waals surface area contributed by atoms with Crippen LogP contribution in [0.2, 0.25) is 0 Å². The number of nitrogens with zero attached hydrogens (tertiary/aromatic N) is 2. The lowest BCUT2D eigenvalue weighted by Crippen LogP contribution is -2.27. The zero-order chi connectivity index (χ0) is 10.4. The second-order valence-electron chi connectivity index (χ2n) is 2.82. The van der Waals surface area contributed by atoms with Crippen molar-refractivity contribution in [3.8, 4) is 0 Å². The number of alkyl halides is 1. The van der Waals surface area contributed by atoms with E-state index in [1.54, 1.807) is 12.4 Å². The molecule has 0 aliphatic rings. The van der Waals surface area contributed by atoms with Crippen molar-refractivity contribution in [3.63, 3.8) is 0 Å². The molecule has 0 spiro atoms. The summed E-state index contributed by atoms with van der Waals surface area (Å²) in [5.41, 5.74) is 1.80. The summed E-state index contributed by atoms with van der Waals surface area (Å²) in [4.78, 5) is 19.1. The first-order valence-corrected chi connectivity index (χ1v) is 4.86. The van der Waals surface area contributed by atoms with Crippen LogP contribution >= 0.6 is 11.6 Å². The number of rotatable bonds is 4. The number of halogens is 1. The van der Waals surface area contributed by atoms with E-state index in [1.807, 2.05) is 6.92 Å². The topological polar surface area (TPSA) is 54.9 Å². The van der Waals surface area contributed by atoms with E-state index in [0.29, 0.717) is 13.0 Å². The minimum absolute atomic E-state index is 0.000545. The first kappa shape index (κ1) is 10.9. The van der Waals surface area contributed by atoms with Gasteiger partial charge in [-0.1, -0.05) is 0 Å². The Morgan fingerprint density at radius 1 is 1.50 bits per heavy atom. The van der Waals surface area contributed by atoms with Gasteiger partial charge in [0.25, 0.3) is 0 Å². The average molecular weight is 214 g/mol. The van der Waals surface area contributed by atoms with Gasteiger partial charge in [0.2, 0.25) is 5.91 Å². The van der Waals surface area contributed by atoms with Gasteiger partial charge in [0.1, 0.15) is 5.88 Å². The van der Waals surface area contributed by atoms with Gasteiger partial charge >= 0.3 is 0 Å². The van der Waals surface area contributed by atoms with Crippen molar-refractivity contribution in [3.05, 3.63) is 23.8 Å². The fourth-order valence-electron chi connectivity index (χ4n) is 1.05. The molecule has 1 amide bonds. The summed E-state index contributed by atoms with van der Waals surface area (Å²) >= 11 is 5.33. The molecule has 14 heavy (non-hydrogen) atoms. The Morgan fingerprint density at radius 2 is 2.21 bits per heavy atom. The number of nitrogens with one attached hydrogen (secondary N) is 1. The normalized spacial score (nSPS) is 9.86. The number of aromatic nitrogens is 2. The van der Waals surface area contributed by atoms with Crippen molar-refractivity contribution in [1.29, 1.82) is 0 Å². The van der Waals surface area contributed by atoms with Gasteiger partial charge in [-0.05, 0) is 6.92 Å². The lowest BCUT2D eigenvalue weighted by Gasteiger charge is -2.04. The molecule has 1 rings (SSSR count). The van der Waals surface area contributed by atoms with Crippen LogP contribution in [0.3, 0.4) is 0 Å². The molecule has 5 heteroatoms. The van der Waals surface area contributed by atoms with Crippen LogP contribution in [-0.4, -0.2) is 28.3 Å². The van der Waals surface area contributed by atoms with Gasteiger partial charge in [-0.15, -0.1) is 11.6 Å². The predicted octanol–water partition coefficient (Wildman–Crippen LogP) is 0.683. The molecule has 76 valence electrons. The zero-order valence-electron chi connectivity index (χ0n) is 7.96. The van der Waals surface area contributed by atoms with E-state index in [-0.39, 0.29) is 11.8 Å². The van der Waals surface area contributed by atoms with Gasteiger partial charge in [-0.3, -0.25) is 14.8 Å². The smallest absolute Gasteiger partial charge is 0.234 e. The lowest BCUT2D eigenvalue weighted by atomic mass is 10.2. The summed E-state index contributed by atoms with van der Waals surface area (Å²) < 4.78 is 0. The highest BCUT2D eigenvalue weighted by Gasteiger charge is 2.01. The van der Waals surface area contributed by atoms with Crippen LogP contribution in [-0.2, 0) is 11.2 Å². The Kier molecular flexibility index (Phi) is 4.32. The maximum atomic E-state index is 10.8.